The van der Waals surface area contributed by atoms with Gasteiger partial charge < -0.3 is 20.5 Å². The Morgan fingerprint density at radius 1 is 1.36 bits per heavy atom. The Kier molecular flexibility index (Phi) is 6.39. The summed E-state index contributed by atoms with van der Waals surface area (Å²) >= 11 is 0. The zero-order valence-electron chi connectivity index (χ0n) is 15.0. The quantitative estimate of drug-likeness (QED) is 0.787. The average molecular weight is 349 g/mol. The molecule has 0 aliphatic carbocycles. The molecule has 1 saturated heterocycles. The van der Waals surface area contributed by atoms with E-state index in [1.54, 1.807) is 0 Å². The maximum atomic E-state index is 11.9. The van der Waals surface area contributed by atoms with Crippen molar-refractivity contribution in [2.45, 2.75) is 51.1 Å². The average Bonchev–Trinajstić information content (AvgIpc) is 2.54. The van der Waals surface area contributed by atoms with Crippen LogP contribution in [0, 0.1) is 0 Å². The summed E-state index contributed by atoms with van der Waals surface area (Å²) in [4.78, 5) is 24.8. The molecule has 0 radical (unpaired) electrons. The highest BCUT2D eigenvalue weighted by molar-refractivity contribution is 5.68. The molecule has 1 fully saturated rings. The van der Waals surface area contributed by atoms with Crippen LogP contribution in [0.1, 0.15) is 39.0 Å². The number of carbonyl (C=O) groups is 2. The third-order valence-electron chi connectivity index (χ3n) is 3.99. The summed E-state index contributed by atoms with van der Waals surface area (Å²) in [7, 11) is 0. The van der Waals surface area contributed by atoms with E-state index in [-0.39, 0.29) is 12.1 Å². The van der Waals surface area contributed by atoms with Crippen molar-refractivity contribution in [1.29, 1.82) is 0 Å². The summed E-state index contributed by atoms with van der Waals surface area (Å²) in [5, 5.41) is 2.83. The van der Waals surface area contributed by atoms with E-state index in [1.165, 1.54) is 0 Å². The second-order valence-corrected chi connectivity index (χ2v) is 7.20. The van der Waals surface area contributed by atoms with Gasteiger partial charge in [0.2, 0.25) is 0 Å². The SMILES string of the molecule is CC(C)(C)OC(=O)NC1CCN(C(OC=O)c2ccccc2)CC1N. The van der Waals surface area contributed by atoms with Crippen LogP contribution in [-0.2, 0) is 14.3 Å². The van der Waals surface area contributed by atoms with Crippen LogP contribution in [0.2, 0.25) is 0 Å². The minimum Gasteiger partial charge on any atom is -0.444 e. The molecule has 7 heteroatoms. The fraction of sp³-hybridized carbons (Fsp3) is 0.556. The predicted octanol–water partition coefficient (Wildman–Crippen LogP) is 1.78. The lowest BCUT2D eigenvalue weighted by Gasteiger charge is -2.40. The minimum atomic E-state index is -0.551. The monoisotopic (exact) mass is 349 g/mol. The summed E-state index contributed by atoms with van der Waals surface area (Å²) in [5.74, 6) is 0. The number of nitrogens with one attached hydrogen (secondary N) is 1. The van der Waals surface area contributed by atoms with Crippen molar-refractivity contribution in [3.05, 3.63) is 35.9 Å². The van der Waals surface area contributed by atoms with Crippen molar-refractivity contribution in [1.82, 2.24) is 10.2 Å². The molecule has 0 aromatic heterocycles. The third kappa shape index (κ3) is 5.72. The first-order chi connectivity index (χ1) is 11.8. The molecule has 1 aliphatic rings. The van der Waals surface area contributed by atoms with Gasteiger partial charge in [0, 0.05) is 30.7 Å². The second-order valence-electron chi connectivity index (χ2n) is 7.20. The van der Waals surface area contributed by atoms with Crippen molar-refractivity contribution in [3.8, 4) is 0 Å². The van der Waals surface area contributed by atoms with Crippen LogP contribution in [0.15, 0.2) is 30.3 Å². The number of benzene rings is 1. The van der Waals surface area contributed by atoms with Crippen LogP contribution in [0.4, 0.5) is 4.79 Å². The van der Waals surface area contributed by atoms with Crippen LogP contribution >= 0.6 is 0 Å². The van der Waals surface area contributed by atoms with Gasteiger partial charge in [-0.15, -0.1) is 0 Å². The molecule has 3 N–H and O–H groups in total. The maximum absolute atomic E-state index is 11.9. The van der Waals surface area contributed by atoms with Gasteiger partial charge in [-0.25, -0.2) is 4.79 Å². The summed E-state index contributed by atoms with van der Waals surface area (Å²) < 4.78 is 10.6. The Morgan fingerprint density at radius 3 is 2.60 bits per heavy atom. The Hall–Kier alpha value is -2.12. The number of nitrogens with zero attached hydrogens (tertiary/aromatic N) is 1. The van der Waals surface area contributed by atoms with Crippen molar-refractivity contribution in [2.75, 3.05) is 13.1 Å². The third-order valence-corrected chi connectivity index (χ3v) is 3.99. The van der Waals surface area contributed by atoms with Gasteiger partial charge in [0.25, 0.3) is 6.47 Å². The topological polar surface area (TPSA) is 93.9 Å². The molecule has 1 aliphatic heterocycles. The molecule has 3 unspecified atom stereocenters. The minimum absolute atomic E-state index is 0.182. The number of alkyl carbamates (subject to hydrolysis) is 1. The highest BCUT2D eigenvalue weighted by atomic mass is 16.6. The fourth-order valence-electron chi connectivity index (χ4n) is 2.91. The number of hydrogen-bond acceptors (Lipinski definition) is 6. The van der Waals surface area contributed by atoms with Gasteiger partial charge in [-0.3, -0.25) is 9.69 Å². The number of nitrogens with two attached hydrogens (primary N) is 1. The lowest BCUT2D eigenvalue weighted by Crippen LogP contribution is -2.58. The summed E-state index contributed by atoms with van der Waals surface area (Å²) in [6.45, 7) is 7.03. The summed E-state index contributed by atoms with van der Waals surface area (Å²) in [6, 6.07) is 9.04. The number of carbonyl (C=O) groups excluding carboxylic acids is 2. The van der Waals surface area contributed by atoms with E-state index in [1.807, 2.05) is 56.0 Å². The Morgan fingerprint density at radius 2 is 2.04 bits per heavy atom. The molecule has 1 aromatic rings. The zero-order valence-corrected chi connectivity index (χ0v) is 15.0. The molecule has 3 atom stereocenters. The van der Waals surface area contributed by atoms with E-state index in [0.29, 0.717) is 26.0 Å². The Labute approximate surface area is 148 Å². The van der Waals surface area contributed by atoms with E-state index in [2.05, 4.69) is 5.32 Å². The molecule has 0 saturated carbocycles. The molecule has 138 valence electrons. The van der Waals surface area contributed by atoms with Gasteiger partial charge in [0.15, 0.2) is 6.23 Å². The van der Waals surface area contributed by atoms with Gasteiger partial charge in [0.05, 0.1) is 0 Å². The van der Waals surface area contributed by atoms with Gasteiger partial charge in [-0.1, -0.05) is 30.3 Å². The molecule has 7 nitrogen and oxygen atoms in total. The van der Waals surface area contributed by atoms with Crippen molar-refractivity contribution >= 4 is 12.6 Å². The predicted molar refractivity (Wildman–Crippen MR) is 93.7 cm³/mol. The molecule has 1 heterocycles. The molecular weight excluding hydrogens is 322 g/mol. The molecule has 1 aromatic carbocycles. The van der Waals surface area contributed by atoms with Crippen molar-refractivity contribution < 1.29 is 19.1 Å². The molecule has 25 heavy (non-hydrogen) atoms. The molecule has 1 amide bonds. The summed E-state index contributed by atoms with van der Waals surface area (Å²) in [6.07, 6.45) is -0.302. The first-order valence-electron chi connectivity index (χ1n) is 8.43. The molecule has 0 bridgehead atoms. The highest BCUT2D eigenvalue weighted by Crippen LogP contribution is 2.25. The van der Waals surface area contributed by atoms with Crippen LogP contribution < -0.4 is 11.1 Å². The van der Waals surface area contributed by atoms with Crippen LogP contribution in [0.5, 0.6) is 0 Å². The first kappa shape index (κ1) is 19.2. The second kappa shape index (κ2) is 8.31. The van der Waals surface area contributed by atoms with Crippen molar-refractivity contribution in [3.63, 3.8) is 0 Å². The van der Waals surface area contributed by atoms with Gasteiger partial charge in [-0.05, 0) is 27.2 Å². The van der Waals surface area contributed by atoms with E-state index >= 15 is 0 Å². The standard InChI is InChI=1S/C18H27N3O4/c1-18(2,3)25-17(23)20-15-9-10-21(11-14(15)19)16(24-12-22)13-7-5-4-6-8-13/h4-8,12,14-16H,9-11,19H2,1-3H3,(H,20,23). The van der Waals surface area contributed by atoms with Crippen molar-refractivity contribution in [2.24, 2.45) is 5.73 Å². The van der Waals surface area contributed by atoms with Gasteiger partial charge >= 0.3 is 6.09 Å². The molecule has 0 spiro atoms. The molecule has 2 rings (SSSR count). The van der Waals surface area contributed by atoms with E-state index < -0.39 is 17.9 Å². The van der Waals surface area contributed by atoms with E-state index in [0.717, 1.165) is 5.56 Å². The zero-order chi connectivity index (χ0) is 18.4. The van der Waals surface area contributed by atoms with Crippen LogP contribution in [0.3, 0.4) is 0 Å². The number of ether oxygens (including phenoxy) is 2. The van der Waals surface area contributed by atoms with Crippen LogP contribution in [-0.4, -0.2) is 48.2 Å². The Bertz CT molecular complexity index is 573. The number of hydrogen-bond donors (Lipinski definition) is 2. The van der Waals surface area contributed by atoms with E-state index in [4.69, 9.17) is 15.2 Å². The Balaban J connectivity index is 1.97. The fourth-order valence-corrected chi connectivity index (χ4v) is 2.91. The highest BCUT2D eigenvalue weighted by Gasteiger charge is 2.33. The van der Waals surface area contributed by atoms with Gasteiger partial charge in [0.1, 0.15) is 5.60 Å². The number of piperidine rings is 1. The number of amides is 1. The van der Waals surface area contributed by atoms with Crippen LogP contribution in [0.25, 0.3) is 0 Å². The first-order valence-corrected chi connectivity index (χ1v) is 8.43. The molecular formula is C18H27N3O4. The number of rotatable bonds is 5. The normalized spacial score (nSPS) is 22.7. The summed E-state index contributed by atoms with van der Waals surface area (Å²) in [5.41, 5.74) is 6.58. The van der Waals surface area contributed by atoms with E-state index in [9.17, 15) is 9.59 Å². The number of likely N-dealkylation sites (tertiary alicyclic amines) is 1. The maximum Gasteiger partial charge on any atom is 0.407 e. The van der Waals surface area contributed by atoms with Gasteiger partial charge in [-0.2, -0.15) is 0 Å². The lowest BCUT2D eigenvalue weighted by atomic mass is 9.99. The smallest absolute Gasteiger partial charge is 0.407 e. The lowest BCUT2D eigenvalue weighted by molar-refractivity contribution is -0.146. The largest absolute Gasteiger partial charge is 0.444 e.